The number of nitrogens with zero attached hydrogens (tertiary/aromatic N) is 1. The highest BCUT2D eigenvalue weighted by molar-refractivity contribution is 6.07. The lowest BCUT2D eigenvalue weighted by atomic mass is 9.86. The van der Waals surface area contributed by atoms with E-state index in [2.05, 4.69) is 17.6 Å². The number of carbonyl (C=O) groups excluding carboxylic acids is 3. The van der Waals surface area contributed by atoms with Gasteiger partial charge < -0.3 is 10.2 Å². The maximum Gasteiger partial charge on any atom is 0.322 e. The Morgan fingerprint density at radius 3 is 2.45 bits per heavy atom. The van der Waals surface area contributed by atoms with Crippen molar-refractivity contribution >= 4 is 17.8 Å². The molecule has 4 amide bonds. The van der Waals surface area contributed by atoms with Gasteiger partial charge in [0, 0.05) is 19.0 Å². The van der Waals surface area contributed by atoms with E-state index < -0.39 is 11.6 Å². The average Bonchev–Trinajstić information content (AvgIpc) is 2.95. The van der Waals surface area contributed by atoms with Crippen LogP contribution in [-0.2, 0) is 9.59 Å². The van der Waals surface area contributed by atoms with Gasteiger partial charge in [-0.2, -0.15) is 0 Å². The van der Waals surface area contributed by atoms with Gasteiger partial charge in [-0.3, -0.25) is 14.9 Å². The molecule has 3 fully saturated rings. The molecule has 2 N–H and O–H groups in total. The molecule has 1 spiro atoms. The zero-order valence-corrected chi connectivity index (χ0v) is 11.8. The second kappa shape index (κ2) is 4.75. The molecule has 0 aromatic carbocycles. The van der Waals surface area contributed by atoms with Crippen molar-refractivity contribution < 1.29 is 14.4 Å². The van der Waals surface area contributed by atoms with Crippen LogP contribution < -0.4 is 10.6 Å². The highest BCUT2D eigenvalue weighted by Gasteiger charge is 2.49. The summed E-state index contributed by atoms with van der Waals surface area (Å²) in [5.74, 6) is 0.599. The molecular formula is C14H21N3O3. The second-order valence-electron chi connectivity index (χ2n) is 6.33. The third-order valence-electron chi connectivity index (χ3n) is 5.12. The molecular weight excluding hydrogens is 258 g/mol. The number of imide groups is 1. The highest BCUT2D eigenvalue weighted by Crippen LogP contribution is 2.34. The lowest BCUT2D eigenvalue weighted by Gasteiger charge is -2.38. The summed E-state index contributed by atoms with van der Waals surface area (Å²) in [5, 5.41) is 5.01. The fourth-order valence-electron chi connectivity index (χ4n) is 3.74. The maximum absolute atomic E-state index is 12.5. The molecule has 2 aliphatic heterocycles. The van der Waals surface area contributed by atoms with Crippen molar-refractivity contribution in [2.24, 2.45) is 11.8 Å². The number of amides is 4. The Labute approximate surface area is 118 Å². The summed E-state index contributed by atoms with van der Waals surface area (Å²) in [7, 11) is 0. The zero-order chi connectivity index (χ0) is 14.3. The monoisotopic (exact) mass is 279 g/mol. The van der Waals surface area contributed by atoms with Crippen LogP contribution in [0.4, 0.5) is 4.79 Å². The zero-order valence-electron chi connectivity index (χ0n) is 11.8. The summed E-state index contributed by atoms with van der Waals surface area (Å²) in [4.78, 5) is 37.5. The van der Waals surface area contributed by atoms with Gasteiger partial charge in [-0.25, -0.2) is 4.79 Å². The molecule has 20 heavy (non-hydrogen) atoms. The Morgan fingerprint density at radius 1 is 1.25 bits per heavy atom. The molecule has 3 rings (SSSR count). The maximum atomic E-state index is 12.5. The Morgan fingerprint density at radius 2 is 1.95 bits per heavy atom. The van der Waals surface area contributed by atoms with Crippen LogP contribution in [-0.4, -0.2) is 41.4 Å². The first-order valence-electron chi connectivity index (χ1n) is 7.44. The molecule has 0 radical (unpaired) electrons. The van der Waals surface area contributed by atoms with E-state index >= 15 is 0 Å². The van der Waals surface area contributed by atoms with E-state index in [0.717, 1.165) is 19.3 Å². The average molecular weight is 279 g/mol. The van der Waals surface area contributed by atoms with E-state index in [1.807, 2.05) is 4.90 Å². The van der Waals surface area contributed by atoms with Crippen LogP contribution in [0, 0.1) is 11.8 Å². The van der Waals surface area contributed by atoms with Crippen molar-refractivity contribution in [2.45, 2.75) is 44.6 Å². The smallest absolute Gasteiger partial charge is 0.322 e. The van der Waals surface area contributed by atoms with Gasteiger partial charge in [0.1, 0.15) is 5.54 Å². The van der Waals surface area contributed by atoms with Crippen molar-refractivity contribution in [1.29, 1.82) is 0 Å². The second-order valence-corrected chi connectivity index (χ2v) is 6.33. The summed E-state index contributed by atoms with van der Waals surface area (Å²) >= 11 is 0. The molecule has 2 atom stereocenters. The normalized spacial score (nSPS) is 32.4. The number of nitrogens with one attached hydrogen (secondary N) is 2. The fourth-order valence-corrected chi connectivity index (χ4v) is 3.74. The van der Waals surface area contributed by atoms with Gasteiger partial charge in [-0.05, 0) is 31.6 Å². The molecule has 6 heteroatoms. The minimum absolute atomic E-state index is 0.149. The first-order chi connectivity index (χ1) is 9.52. The first-order valence-corrected chi connectivity index (χ1v) is 7.44. The van der Waals surface area contributed by atoms with Gasteiger partial charge in [0.2, 0.25) is 5.91 Å². The Balaban J connectivity index is 1.63. The van der Waals surface area contributed by atoms with Crippen molar-refractivity contribution in [3.05, 3.63) is 0 Å². The van der Waals surface area contributed by atoms with Crippen LogP contribution in [0.5, 0.6) is 0 Å². The van der Waals surface area contributed by atoms with E-state index in [4.69, 9.17) is 0 Å². The van der Waals surface area contributed by atoms with E-state index in [9.17, 15) is 14.4 Å². The Kier molecular flexibility index (Phi) is 3.18. The van der Waals surface area contributed by atoms with Gasteiger partial charge in [-0.15, -0.1) is 0 Å². The van der Waals surface area contributed by atoms with E-state index in [-0.39, 0.29) is 17.7 Å². The van der Waals surface area contributed by atoms with Gasteiger partial charge in [0.05, 0.1) is 0 Å². The minimum atomic E-state index is -0.783. The summed E-state index contributed by atoms with van der Waals surface area (Å²) < 4.78 is 0. The van der Waals surface area contributed by atoms with Crippen LogP contribution >= 0.6 is 0 Å². The quantitative estimate of drug-likeness (QED) is 0.691. The molecule has 0 aromatic heterocycles. The molecule has 0 bridgehead atoms. The topological polar surface area (TPSA) is 78.5 Å². The van der Waals surface area contributed by atoms with Crippen LogP contribution in [0.1, 0.15) is 39.0 Å². The largest absolute Gasteiger partial charge is 0.342 e. The van der Waals surface area contributed by atoms with Crippen LogP contribution in [0.3, 0.4) is 0 Å². The third kappa shape index (κ3) is 2.07. The summed E-state index contributed by atoms with van der Waals surface area (Å²) in [6.45, 7) is 3.25. The lowest BCUT2D eigenvalue weighted by Crippen LogP contribution is -2.56. The van der Waals surface area contributed by atoms with E-state index in [0.29, 0.717) is 31.8 Å². The molecule has 3 aliphatic rings. The number of piperidine rings is 1. The number of urea groups is 1. The number of rotatable bonds is 1. The van der Waals surface area contributed by atoms with Crippen LogP contribution in [0.15, 0.2) is 0 Å². The van der Waals surface area contributed by atoms with Gasteiger partial charge in [0.25, 0.3) is 5.91 Å². The summed E-state index contributed by atoms with van der Waals surface area (Å²) in [5.41, 5.74) is -0.783. The molecule has 2 heterocycles. The fraction of sp³-hybridized carbons (Fsp3) is 0.786. The highest BCUT2D eigenvalue weighted by atomic mass is 16.2. The standard InChI is InChI=1S/C14H21N3O3/c1-9-3-2-4-10(9)11(18)17-7-5-14(6-8-17)12(19)15-13(20)16-14/h9-10H,2-8H2,1H3,(H2,15,16,19,20). The van der Waals surface area contributed by atoms with Gasteiger partial charge in [0.15, 0.2) is 0 Å². The van der Waals surface area contributed by atoms with E-state index in [1.54, 1.807) is 0 Å². The summed E-state index contributed by atoms with van der Waals surface area (Å²) in [6.07, 6.45) is 4.27. The lowest BCUT2D eigenvalue weighted by molar-refractivity contribution is -0.140. The molecule has 6 nitrogen and oxygen atoms in total. The Bertz CT molecular complexity index is 455. The predicted molar refractivity (Wildman–Crippen MR) is 71.7 cm³/mol. The Hall–Kier alpha value is -1.59. The number of carbonyl (C=O) groups is 3. The van der Waals surface area contributed by atoms with Crippen LogP contribution in [0.25, 0.3) is 0 Å². The van der Waals surface area contributed by atoms with Crippen molar-refractivity contribution in [2.75, 3.05) is 13.1 Å². The number of likely N-dealkylation sites (tertiary alicyclic amines) is 1. The molecule has 1 saturated carbocycles. The molecule has 1 aliphatic carbocycles. The van der Waals surface area contributed by atoms with Crippen molar-refractivity contribution in [3.63, 3.8) is 0 Å². The molecule has 2 saturated heterocycles. The third-order valence-corrected chi connectivity index (χ3v) is 5.12. The molecule has 110 valence electrons. The van der Waals surface area contributed by atoms with Gasteiger partial charge in [-0.1, -0.05) is 13.3 Å². The first kappa shape index (κ1) is 13.4. The van der Waals surface area contributed by atoms with Gasteiger partial charge >= 0.3 is 6.03 Å². The van der Waals surface area contributed by atoms with Crippen molar-refractivity contribution in [3.8, 4) is 0 Å². The number of hydrogen-bond acceptors (Lipinski definition) is 3. The number of hydrogen-bond donors (Lipinski definition) is 2. The molecule has 2 unspecified atom stereocenters. The van der Waals surface area contributed by atoms with Crippen LogP contribution in [0.2, 0.25) is 0 Å². The minimum Gasteiger partial charge on any atom is -0.342 e. The molecule has 0 aromatic rings. The predicted octanol–water partition coefficient (Wildman–Crippen LogP) is 0.623. The van der Waals surface area contributed by atoms with Crippen molar-refractivity contribution in [1.82, 2.24) is 15.5 Å². The summed E-state index contributed by atoms with van der Waals surface area (Å²) in [6, 6.07) is -0.417. The SMILES string of the molecule is CC1CCCC1C(=O)N1CCC2(CC1)NC(=O)NC2=O. The van der Waals surface area contributed by atoms with E-state index in [1.165, 1.54) is 0 Å².